The number of likely N-dealkylation sites (N-methyl/N-ethyl adjacent to an activating group) is 1. The quantitative estimate of drug-likeness (QED) is 0.544. The number of oxime groups is 1. The minimum atomic E-state index is -0.161. The molecule has 0 aliphatic heterocycles. The van der Waals surface area contributed by atoms with E-state index in [4.69, 9.17) is 4.84 Å². The van der Waals surface area contributed by atoms with Crippen molar-refractivity contribution >= 4 is 17.3 Å². The SMILES string of the molecule is CN(C)CCO/N=C1\CC[C@@]2(C)[C@H](C1)C(=O)C[C@@H]1[C@@H]2CC[C@]2(C)C(=O)CC[C@@H]12. The van der Waals surface area contributed by atoms with Crippen molar-refractivity contribution in [1.82, 2.24) is 4.90 Å². The summed E-state index contributed by atoms with van der Waals surface area (Å²) in [6, 6.07) is 0. The molecule has 4 aliphatic rings. The number of ketones is 2. The molecular formula is C23H36N2O3. The van der Waals surface area contributed by atoms with Crippen LogP contribution in [0.1, 0.15) is 65.2 Å². The Morgan fingerprint density at radius 3 is 2.61 bits per heavy atom. The maximum atomic E-state index is 13.2. The number of hydrogen-bond donors (Lipinski definition) is 0. The third kappa shape index (κ3) is 3.14. The topological polar surface area (TPSA) is 59.0 Å². The molecular weight excluding hydrogens is 352 g/mol. The Bertz CT molecular complexity index is 687. The summed E-state index contributed by atoms with van der Waals surface area (Å²) in [5, 5.41) is 4.38. The standard InChI is InChI=1S/C23H36N2O3/c1-22-9-7-15(24-28-12-11-25(3)4)13-19(22)20(26)14-16-17-5-6-21(27)23(17,2)10-8-18(16)22/h16-19H,5-14H2,1-4H3/b24-15+/t16-,17-,18-,19+,22+,23-/m0/s1. The van der Waals surface area contributed by atoms with Gasteiger partial charge in [-0.05, 0) is 75.8 Å². The zero-order chi connectivity index (χ0) is 20.1. The number of carbonyl (C=O) groups is 2. The second-order valence-electron chi connectivity index (χ2n) is 10.5. The van der Waals surface area contributed by atoms with Crippen molar-refractivity contribution in [2.24, 2.45) is 39.7 Å². The molecule has 0 unspecified atom stereocenters. The van der Waals surface area contributed by atoms with Crippen molar-refractivity contribution in [3.63, 3.8) is 0 Å². The van der Waals surface area contributed by atoms with Gasteiger partial charge in [-0.25, -0.2) is 0 Å². The first-order valence-corrected chi connectivity index (χ1v) is 11.1. The Kier molecular flexibility index (Phi) is 5.18. The van der Waals surface area contributed by atoms with Crippen molar-refractivity contribution in [2.45, 2.75) is 65.2 Å². The van der Waals surface area contributed by atoms with Gasteiger partial charge in [-0.2, -0.15) is 0 Å². The highest BCUT2D eigenvalue weighted by Crippen LogP contribution is 2.64. The van der Waals surface area contributed by atoms with Gasteiger partial charge in [0.2, 0.25) is 0 Å². The summed E-state index contributed by atoms with van der Waals surface area (Å²) in [5.74, 6) is 2.35. The maximum absolute atomic E-state index is 13.2. The predicted molar refractivity (Wildman–Crippen MR) is 109 cm³/mol. The van der Waals surface area contributed by atoms with Crippen molar-refractivity contribution < 1.29 is 14.4 Å². The van der Waals surface area contributed by atoms with Gasteiger partial charge in [0.1, 0.15) is 18.2 Å². The zero-order valence-electron chi connectivity index (χ0n) is 18.0. The maximum Gasteiger partial charge on any atom is 0.139 e. The fraction of sp³-hybridized carbons (Fsp3) is 0.870. The summed E-state index contributed by atoms with van der Waals surface area (Å²) in [5.41, 5.74) is 0.965. The normalized spacial score (nSPS) is 44.4. The van der Waals surface area contributed by atoms with Crippen molar-refractivity contribution in [3.8, 4) is 0 Å². The van der Waals surface area contributed by atoms with Crippen LogP contribution in [0.25, 0.3) is 0 Å². The number of hydrogen-bond acceptors (Lipinski definition) is 5. The van der Waals surface area contributed by atoms with Gasteiger partial charge < -0.3 is 9.74 Å². The third-order valence-corrected chi connectivity index (χ3v) is 8.83. The second-order valence-corrected chi connectivity index (χ2v) is 10.5. The Morgan fingerprint density at radius 1 is 1.07 bits per heavy atom. The van der Waals surface area contributed by atoms with Gasteiger partial charge in [-0.1, -0.05) is 19.0 Å². The van der Waals surface area contributed by atoms with E-state index in [0.717, 1.165) is 57.2 Å². The van der Waals surface area contributed by atoms with E-state index in [1.807, 2.05) is 14.1 Å². The first kappa shape index (κ1) is 20.1. The molecule has 0 aromatic rings. The van der Waals surface area contributed by atoms with Gasteiger partial charge in [0.15, 0.2) is 0 Å². The lowest BCUT2D eigenvalue weighted by atomic mass is 9.45. The molecule has 6 atom stereocenters. The lowest BCUT2D eigenvalue weighted by Crippen LogP contribution is -2.56. The van der Waals surface area contributed by atoms with Gasteiger partial charge in [0, 0.05) is 30.7 Å². The second kappa shape index (κ2) is 7.23. The van der Waals surface area contributed by atoms with E-state index < -0.39 is 0 Å². The van der Waals surface area contributed by atoms with E-state index in [9.17, 15) is 9.59 Å². The smallest absolute Gasteiger partial charge is 0.139 e. The van der Waals surface area contributed by atoms with Gasteiger partial charge >= 0.3 is 0 Å². The number of fused-ring (bicyclic) bond motifs is 5. The van der Waals surface area contributed by atoms with E-state index in [1.54, 1.807) is 0 Å². The molecule has 4 saturated carbocycles. The van der Waals surface area contributed by atoms with Gasteiger partial charge in [0.25, 0.3) is 0 Å². The molecule has 0 radical (unpaired) electrons. The fourth-order valence-corrected chi connectivity index (χ4v) is 7.06. The highest BCUT2D eigenvalue weighted by Gasteiger charge is 2.62. The van der Waals surface area contributed by atoms with Crippen molar-refractivity contribution in [2.75, 3.05) is 27.2 Å². The van der Waals surface area contributed by atoms with Crippen LogP contribution in [0.15, 0.2) is 5.16 Å². The van der Waals surface area contributed by atoms with E-state index in [0.29, 0.717) is 42.3 Å². The summed E-state index contributed by atoms with van der Waals surface area (Å²) in [6.45, 7) is 5.97. The molecule has 4 aliphatic carbocycles. The van der Waals surface area contributed by atoms with Gasteiger partial charge in [-0.15, -0.1) is 0 Å². The van der Waals surface area contributed by atoms with E-state index in [2.05, 4.69) is 23.9 Å². The van der Waals surface area contributed by atoms with Crippen LogP contribution in [-0.2, 0) is 14.4 Å². The number of Topliss-reactive ketones (excluding diaryl/α,β-unsaturated/α-hetero) is 2. The van der Waals surface area contributed by atoms with Crippen LogP contribution in [0.4, 0.5) is 0 Å². The molecule has 0 saturated heterocycles. The van der Waals surface area contributed by atoms with Crippen LogP contribution in [0.3, 0.4) is 0 Å². The summed E-state index contributed by atoms with van der Waals surface area (Å²) in [6.07, 6.45) is 7.24. The lowest BCUT2D eigenvalue weighted by Gasteiger charge is -2.58. The van der Waals surface area contributed by atoms with Crippen LogP contribution in [-0.4, -0.2) is 49.4 Å². The summed E-state index contributed by atoms with van der Waals surface area (Å²) >= 11 is 0. The Hall–Kier alpha value is -1.23. The number of carbonyl (C=O) groups excluding carboxylic acids is 2. The lowest BCUT2D eigenvalue weighted by molar-refractivity contribution is -0.152. The van der Waals surface area contributed by atoms with E-state index in [1.165, 1.54) is 0 Å². The molecule has 4 rings (SSSR count). The number of rotatable bonds is 4. The molecule has 28 heavy (non-hydrogen) atoms. The average Bonchev–Trinajstić information content (AvgIpc) is 2.95. The Balaban J connectivity index is 1.49. The highest BCUT2D eigenvalue weighted by atomic mass is 16.6. The first-order chi connectivity index (χ1) is 13.3. The average molecular weight is 389 g/mol. The molecule has 0 N–H and O–H groups in total. The summed E-state index contributed by atoms with van der Waals surface area (Å²) in [7, 11) is 4.04. The molecule has 0 aromatic carbocycles. The zero-order valence-corrected chi connectivity index (χ0v) is 18.0. The monoisotopic (exact) mass is 388 g/mol. The molecule has 0 bridgehead atoms. The third-order valence-electron chi connectivity index (χ3n) is 8.83. The first-order valence-electron chi connectivity index (χ1n) is 11.1. The van der Waals surface area contributed by atoms with Gasteiger partial charge in [-0.3, -0.25) is 9.59 Å². The molecule has 0 spiro atoms. The Labute approximate surface area is 169 Å². The van der Waals surface area contributed by atoms with Crippen molar-refractivity contribution in [3.05, 3.63) is 0 Å². The molecule has 0 amide bonds. The van der Waals surface area contributed by atoms with Crippen LogP contribution in [0.5, 0.6) is 0 Å². The molecule has 5 heteroatoms. The van der Waals surface area contributed by atoms with Crippen LogP contribution in [0.2, 0.25) is 0 Å². The minimum Gasteiger partial charge on any atom is -0.394 e. The summed E-state index contributed by atoms with van der Waals surface area (Å²) < 4.78 is 0. The van der Waals surface area contributed by atoms with Crippen LogP contribution < -0.4 is 0 Å². The molecule has 4 fully saturated rings. The predicted octanol–water partition coefficient (Wildman–Crippen LogP) is 3.71. The van der Waals surface area contributed by atoms with Crippen LogP contribution >= 0.6 is 0 Å². The summed E-state index contributed by atoms with van der Waals surface area (Å²) in [4.78, 5) is 33.4. The number of nitrogens with zero attached hydrogens (tertiary/aromatic N) is 2. The largest absolute Gasteiger partial charge is 0.394 e. The fourth-order valence-electron chi connectivity index (χ4n) is 7.06. The Morgan fingerprint density at radius 2 is 1.86 bits per heavy atom. The molecule has 0 heterocycles. The molecule has 0 aromatic heterocycles. The van der Waals surface area contributed by atoms with Crippen molar-refractivity contribution in [1.29, 1.82) is 0 Å². The highest BCUT2D eigenvalue weighted by molar-refractivity contribution is 5.93. The van der Waals surface area contributed by atoms with E-state index in [-0.39, 0.29) is 16.7 Å². The minimum absolute atomic E-state index is 0.0651. The molecule has 156 valence electrons. The van der Waals surface area contributed by atoms with E-state index >= 15 is 0 Å². The van der Waals surface area contributed by atoms with Gasteiger partial charge in [0.05, 0.1) is 5.71 Å². The molecule has 5 nitrogen and oxygen atoms in total. The van der Waals surface area contributed by atoms with Crippen LogP contribution in [0, 0.1) is 34.5 Å².